The number of rotatable bonds is 2. The molecule has 0 saturated carbocycles. The van der Waals surface area contributed by atoms with Crippen molar-refractivity contribution in [3.05, 3.63) is 59.2 Å². The van der Waals surface area contributed by atoms with Crippen molar-refractivity contribution in [1.29, 1.82) is 0 Å². The lowest BCUT2D eigenvalue weighted by Crippen LogP contribution is -1.95. The van der Waals surface area contributed by atoms with Gasteiger partial charge in [-0.2, -0.15) is 0 Å². The van der Waals surface area contributed by atoms with Crippen molar-refractivity contribution in [3.63, 3.8) is 0 Å². The van der Waals surface area contributed by atoms with Crippen molar-refractivity contribution in [1.82, 2.24) is 4.98 Å². The summed E-state index contributed by atoms with van der Waals surface area (Å²) in [6.07, 6.45) is 2.68. The van der Waals surface area contributed by atoms with Gasteiger partial charge >= 0.3 is 0 Å². The first-order chi connectivity index (χ1) is 9.70. The van der Waals surface area contributed by atoms with Gasteiger partial charge in [-0.1, -0.05) is 42.8 Å². The van der Waals surface area contributed by atoms with Gasteiger partial charge in [-0.3, -0.25) is 4.98 Å². The van der Waals surface area contributed by atoms with Gasteiger partial charge in [-0.25, -0.2) is 0 Å². The predicted octanol–water partition coefficient (Wildman–Crippen LogP) is 4.70. The number of pyridine rings is 1. The normalized spacial score (nSPS) is 10.9. The SMILES string of the molecule is CCc1ccc2ncc(N)c(-c3ccccc3Cl)c2c1. The number of hydrogen-bond donors (Lipinski definition) is 1. The average molecular weight is 283 g/mol. The van der Waals surface area contributed by atoms with Crippen LogP contribution in [0.25, 0.3) is 22.0 Å². The number of benzene rings is 2. The lowest BCUT2D eigenvalue weighted by Gasteiger charge is -2.12. The summed E-state index contributed by atoms with van der Waals surface area (Å²) in [4.78, 5) is 4.40. The number of anilines is 1. The quantitative estimate of drug-likeness (QED) is 0.740. The molecule has 0 atom stereocenters. The van der Waals surface area contributed by atoms with E-state index in [0.717, 1.165) is 28.5 Å². The summed E-state index contributed by atoms with van der Waals surface area (Å²) in [5.74, 6) is 0. The summed E-state index contributed by atoms with van der Waals surface area (Å²) < 4.78 is 0. The maximum Gasteiger partial charge on any atom is 0.0710 e. The number of nitrogen functional groups attached to an aromatic ring is 1. The van der Waals surface area contributed by atoms with Crippen LogP contribution >= 0.6 is 11.6 Å². The zero-order chi connectivity index (χ0) is 14.1. The summed E-state index contributed by atoms with van der Waals surface area (Å²) in [5, 5.41) is 1.76. The fourth-order valence-corrected chi connectivity index (χ4v) is 2.67. The van der Waals surface area contributed by atoms with Gasteiger partial charge in [0.25, 0.3) is 0 Å². The first kappa shape index (κ1) is 12.9. The lowest BCUT2D eigenvalue weighted by atomic mass is 9.98. The minimum absolute atomic E-state index is 0.652. The molecule has 0 amide bonds. The highest BCUT2D eigenvalue weighted by molar-refractivity contribution is 6.34. The van der Waals surface area contributed by atoms with Gasteiger partial charge in [-0.05, 0) is 30.2 Å². The summed E-state index contributed by atoms with van der Waals surface area (Å²) in [6.45, 7) is 2.13. The van der Waals surface area contributed by atoms with E-state index in [4.69, 9.17) is 17.3 Å². The van der Waals surface area contributed by atoms with E-state index in [2.05, 4.69) is 24.0 Å². The van der Waals surface area contributed by atoms with Gasteiger partial charge in [0.15, 0.2) is 0 Å². The highest BCUT2D eigenvalue weighted by atomic mass is 35.5. The van der Waals surface area contributed by atoms with Gasteiger partial charge in [0, 0.05) is 21.5 Å². The Morgan fingerprint density at radius 3 is 2.70 bits per heavy atom. The fourth-order valence-electron chi connectivity index (χ4n) is 2.44. The van der Waals surface area contributed by atoms with Gasteiger partial charge in [0.1, 0.15) is 0 Å². The topological polar surface area (TPSA) is 38.9 Å². The molecule has 0 aliphatic rings. The van der Waals surface area contributed by atoms with Crippen molar-refractivity contribution < 1.29 is 0 Å². The van der Waals surface area contributed by atoms with Crippen molar-refractivity contribution in [2.45, 2.75) is 13.3 Å². The van der Waals surface area contributed by atoms with Crippen LogP contribution in [0.2, 0.25) is 5.02 Å². The number of aryl methyl sites for hydroxylation is 1. The fraction of sp³-hybridized carbons (Fsp3) is 0.118. The molecule has 3 heteroatoms. The Morgan fingerprint density at radius 2 is 1.95 bits per heavy atom. The molecule has 2 nitrogen and oxygen atoms in total. The number of nitrogens with zero attached hydrogens (tertiary/aromatic N) is 1. The Labute approximate surface area is 123 Å². The van der Waals surface area contributed by atoms with E-state index in [1.54, 1.807) is 6.20 Å². The smallest absolute Gasteiger partial charge is 0.0710 e. The molecule has 0 fully saturated rings. The average Bonchev–Trinajstić information content (AvgIpc) is 2.48. The van der Waals surface area contributed by atoms with Crippen LogP contribution in [-0.4, -0.2) is 4.98 Å². The summed E-state index contributed by atoms with van der Waals surface area (Å²) in [5.41, 5.74) is 10.9. The van der Waals surface area contributed by atoms with Gasteiger partial charge in [-0.15, -0.1) is 0 Å². The molecule has 0 aliphatic heterocycles. The first-order valence-corrected chi connectivity index (χ1v) is 7.00. The highest BCUT2D eigenvalue weighted by Crippen LogP contribution is 2.37. The molecular formula is C17H15ClN2. The molecular weight excluding hydrogens is 268 g/mol. The molecule has 0 unspecified atom stereocenters. The van der Waals surface area contributed by atoms with E-state index in [1.165, 1.54) is 5.56 Å². The lowest BCUT2D eigenvalue weighted by molar-refractivity contribution is 1.14. The van der Waals surface area contributed by atoms with Crippen molar-refractivity contribution in [3.8, 4) is 11.1 Å². The van der Waals surface area contributed by atoms with E-state index in [0.29, 0.717) is 10.7 Å². The minimum atomic E-state index is 0.652. The number of fused-ring (bicyclic) bond motifs is 1. The zero-order valence-corrected chi connectivity index (χ0v) is 12.0. The Bertz CT molecular complexity index is 781. The van der Waals surface area contributed by atoms with Crippen molar-refractivity contribution in [2.24, 2.45) is 0 Å². The third-order valence-electron chi connectivity index (χ3n) is 3.51. The molecule has 2 aromatic carbocycles. The molecule has 1 heterocycles. The molecule has 20 heavy (non-hydrogen) atoms. The van der Waals surface area contributed by atoms with Crippen LogP contribution in [0.4, 0.5) is 5.69 Å². The van der Waals surface area contributed by atoms with E-state index < -0.39 is 0 Å². The summed E-state index contributed by atoms with van der Waals surface area (Å²) in [7, 11) is 0. The molecule has 1 aromatic heterocycles. The van der Waals surface area contributed by atoms with E-state index >= 15 is 0 Å². The first-order valence-electron chi connectivity index (χ1n) is 6.62. The van der Waals surface area contributed by atoms with E-state index in [-0.39, 0.29) is 0 Å². The molecule has 3 rings (SSSR count). The van der Waals surface area contributed by atoms with Crippen LogP contribution in [0.3, 0.4) is 0 Å². The van der Waals surface area contributed by atoms with Gasteiger partial charge in [0.2, 0.25) is 0 Å². The monoisotopic (exact) mass is 282 g/mol. The van der Waals surface area contributed by atoms with E-state index in [1.807, 2.05) is 30.3 Å². The van der Waals surface area contributed by atoms with Crippen LogP contribution in [-0.2, 0) is 6.42 Å². The van der Waals surface area contributed by atoms with Crippen molar-refractivity contribution in [2.75, 3.05) is 5.73 Å². The Hall–Kier alpha value is -2.06. The molecule has 100 valence electrons. The van der Waals surface area contributed by atoms with E-state index in [9.17, 15) is 0 Å². The molecule has 3 aromatic rings. The zero-order valence-electron chi connectivity index (χ0n) is 11.2. The minimum Gasteiger partial charge on any atom is -0.397 e. The van der Waals surface area contributed by atoms with Crippen LogP contribution in [0, 0.1) is 0 Å². The predicted molar refractivity (Wildman–Crippen MR) is 86.0 cm³/mol. The molecule has 0 saturated heterocycles. The van der Waals surface area contributed by atoms with Crippen molar-refractivity contribution >= 4 is 28.2 Å². The van der Waals surface area contributed by atoms with Crippen LogP contribution in [0.5, 0.6) is 0 Å². The van der Waals surface area contributed by atoms with Crippen LogP contribution in [0.1, 0.15) is 12.5 Å². The Morgan fingerprint density at radius 1 is 1.15 bits per heavy atom. The largest absolute Gasteiger partial charge is 0.397 e. The number of aromatic nitrogens is 1. The molecule has 0 radical (unpaired) electrons. The molecule has 2 N–H and O–H groups in total. The third-order valence-corrected chi connectivity index (χ3v) is 3.84. The second kappa shape index (κ2) is 5.14. The summed E-state index contributed by atoms with van der Waals surface area (Å²) in [6, 6.07) is 14.0. The standard InChI is InChI=1S/C17H15ClN2/c1-2-11-7-8-16-13(9-11)17(15(19)10-20-16)12-5-3-4-6-14(12)18/h3-10H,2,19H2,1H3. The maximum atomic E-state index is 6.33. The second-order valence-electron chi connectivity index (χ2n) is 4.77. The Balaban J connectivity index is 2.39. The Kier molecular flexibility index (Phi) is 3.33. The number of nitrogens with two attached hydrogens (primary N) is 1. The van der Waals surface area contributed by atoms with Crippen LogP contribution < -0.4 is 5.73 Å². The van der Waals surface area contributed by atoms with Gasteiger partial charge < -0.3 is 5.73 Å². The summed E-state index contributed by atoms with van der Waals surface area (Å²) >= 11 is 6.33. The highest BCUT2D eigenvalue weighted by Gasteiger charge is 2.12. The molecule has 0 spiro atoms. The van der Waals surface area contributed by atoms with Crippen LogP contribution in [0.15, 0.2) is 48.7 Å². The maximum absolute atomic E-state index is 6.33. The number of halogens is 1. The second-order valence-corrected chi connectivity index (χ2v) is 5.18. The third kappa shape index (κ3) is 2.12. The number of hydrogen-bond acceptors (Lipinski definition) is 2. The molecule has 0 aliphatic carbocycles. The molecule has 0 bridgehead atoms. The van der Waals surface area contributed by atoms with Gasteiger partial charge in [0.05, 0.1) is 17.4 Å².